The largest absolute Gasteiger partial charge is 0.374 e. The van der Waals surface area contributed by atoms with Crippen molar-refractivity contribution in [2.24, 2.45) is 0 Å². The average molecular weight is 320 g/mol. The smallest absolute Gasteiger partial charge is 0.245 e. The van der Waals surface area contributed by atoms with Gasteiger partial charge in [-0.15, -0.1) is 0 Å². The summed E-state index contributed by atoms with van der Waals surface area (Å²) < 4.78 is 5.18. The predicted octanol–water partition coefficient (Wildman–Crippen LogP) is 3.55. The number of benzene rings is 2. The number of aromatic nitrogens is 2. The summed E-state index contributed by atoms with van der Waals surface area (Å²) in [6, 6.07) is 17.1. The number of nitrogens with zero attached hydrogens (tertiary/aromatic N) is 3. The third-order valence-corrected chi connectivity index (χ3v) is 4.38. The first-order valence-electron chi connectivity index (χ1n) is 8.23. The molecule has 0 amide bonds. The molecule has 5 nitrogen and oxygen atoms in total. The normalized spacial score (nSPS) is 13.6. The van der Waals surface area contributed by atoms with Crippen molar-refractivity contribution in [3.8, 4) is 0 Å². The van der Waals surface area contributed by atoms with E-state index in [-0.39, 0.29) is 0 Å². The van der Waals surface area contributed by atoms with Gasteiger partial charge in [-0.3, -0.25) is 0 Å². The Morgan fingerprint density at radius 3 is 2.71 bits per heavy atom. The van der Waals surface area contributed by atoms with E-state index >= 15 is 0 Å². The van der Waals surface area contributed by atoms with Crippen molar-refractivity contribution in [1.29, 1.82) is 0 Å². The summed E-state index contributed by atoms with van der Waals surface area (Å²) in [4.78, 5) is 6.66. The Morgan fingerprint density at radius 1 is 1.08 bits per heavy atom. The number of hydrogen-bond acceptors (Lipinski definition) is 5. The molecule has 3 aromatic rings. The Balaban J connectivity index is 1.53. The Labute approximate surface area is 141 Å². The van der Waals surface area contributed by atoms with Crippen LogP contribution >= 0.6 is 0 Å². The third kappa shape index (κ3) is 2.97. The lowest BCUT2D eigenvalue weighted by Crippen LogP contribution is -2.30. The molecule has 1 N–H and O–H groups in total. The lowest BCUT2D eigenvalue weighted by atomic mass is 9.99. The number of para-hydroxylation sites is 2. The van der Waals surface area contributed by atoms with E-state index in [2.05, 4.69) is 62.8 Å². The van der Waals surface area contributed by atoms with Crippen molar-refractivity contribution in [2.45, 2.75) is 26.4 Å². The van der Waals surface area contributed by atoms with Crippen LogP contribution in [0.15, 0.2) is 53.1 Å². The molecule has 5 heteroatoms. The number of rotatable bonds is 4. The molecule has 0 fully saturated rings. The van der Waals surface area contributed by atoms with Crippen LogP contribution in [0.3, 0.4) is 0 Å². The maximum atomic E-state index is 5.18. The second-order valence-electron chi connectivity index (χ2n) is 6.05. The Kier molecular flexibility index (Phi) is 3.91. The van der Waals surface area contributed by atoms with Gasteiger partial charge in [0, 0.05) is 13.1 Å². The molecular formula is C19H20N4O. The highest BCUT2D eigenvalue weighted by atomic mass is 16.5. The summed E-state index contributed by atoms with van der Waals surface area (Å²) in [6.45, 7) is 4.32. The molecule has 0 saturated heterocycles. The molecule has 24 heavy (non-hydrogen) atoms. The van der Waals surface area contributed by atoms with Gasteiger partial charge in [0.15, 0.2) is 5.82 Å². The van der Waals surface area contributed by atoms with Gasteiger partial charge in [0.25, 0.3) is 0 Å². The van der Waals surface area contributed by atoms with Gasteiger partial charge in [0.1, 0.15) is 0 Å². The topological polar surface area (TPSA) is 54.2 Å². The van der Waals surface area contributed by atoms with Gasteiger partial charge >= 0.3 is 0 Å². The highest BCUT2D eigenvalue weighted by Gasteiger charge is 2.18. The molecule has 2 heterocycles. The standard InChI is InChI=1S/C19H20N4O/c1-14-21-19(24-22-14)12-20-17-8-4-5-9-18(17)23-11-10-15-6-2-3-7-16(15)13-23/h2-9,20H,10-13H2,1H3. The molecule has 0 unspecified atom stereocenters. The zero-order chi connectivity index (χ0) is 16.4. The maximum absolute atomic E-state index is 5.18. The third-order valence-electron chi connectivity index (χ3n) is 4.38. The zero-order valence-corrected chi connectivity index (χ0v) is 13.7. The van der Waals surface area contributed by atoms with E-state index in [9.17, 15) is 0 Å². The van der Waals surface area contributed by atoms with E-state index in [4.69, 9.17) is 4.52 Å². The first kappa shape index (κ1) is 14.8. The summed E-state index contributed by atoms with van der Waals surface area (Å²) >= 11 is 0. The van der Waals surface area contributed by atoms with Crippen LogP contribution < -0.4 is 10.2 Å². The lowest BCUT2D eigenvalue weighted by Gasteiger charge is -2.32. The monoisotopic (exact) mass is 320 g/mol. The Bertz CT molecular complexity index is 843. The first-order chi connectivity index (χ1) is 11.8. The zero-order valence-electron chi connectivity index (χ0n) is 13.7. The van der Waals surface area contributed by atoms with E-state index < -0.39 is 0 Å². The fourth-order valence-electron chi connectivity index (χ4n) is 3.18. The van der Waals surface area contributed by atoms with E-state index in [0.29, 0.717) is 18.3 Å². The van der Waals surface area contributed by atoms with Crippen molar-refractivity contribution in [3.05, 3.63) is 71.4 Å². The Morgan fingerprint density at radius 2 is 1.88 bits per heavy atom. The molecule has 122 valence electrons. The van der Waals surface area contributed by atoms with Gasteiger partial charge in [0.05, 0.1) is 17.9 Å². The summed E-state index contributed by atoms with van der Waals surface area (Å²) in [7, 11) is 0. The molecule has 1 aliphatic heterocycles. The highest BCUT2D eigenvalue weighted by molar-refractivity contribution is 5.70. The number of hydrogen-bond donors (Lipinski definition) is 1. The van der Waals surface area contributed by atoms with Crippen LogP contribution in [0.2, 0.25) is 0 Å². The first-order valence-corrected chi connectivity index (χ1v) is 8.23. The molecule has 0 radical (unpaired) electrons. The van der Waals surface area contributed by atoms with Crippen molar-refractivity contribution < 1.29 is 4.52 Å². The second-order valence-corrected chi connectivity index (χ2v) is 6.05. The molecular weight excluding hydrogens is 300 g/mol. The van der Waals surface area contributed by atoms with Gasteiger partial charge in [-0.2, -0.15) is 4.98 Å². The van der Waals surface area contributed by atoms with Crippen molar-refractivity contribution in [2.75, 3.05) is 16.8 Å². The molecule has 0 aliphatic carbocycles. The summed E-state index contributed by atoms with van der Waals surface area (Å²) in [5.41, 5.74) is 5.17. The van der Waals surface area contributed by atoms with Crippen LogP contribution in [0.25, 0.3) is 0 Å². The fraction of sp³-hybridized carbons (Fsp3) is 0.263. The molecule has 4 rings (SSSR count). The number of aryl methyl sites for hydroxylation is 1. The average Bonchev–Trinajstić information content (AvgIpc) is 3.05. The van der Waals surface area contributed by atoms with Gasteiger partial charge in [-0.05, 0) is 36.6 Å². The van der Waals surface area contributed by atoms with Gasteiger partial charge in [0.2, 0.25) is 5.89 Å². The molecule has 1 aromatic heterocycles. The molecule has 2 aromatic carbocycles. The van der Waals surface area contributed by atoms with Gasteiger partial charge < -0.3 is 14.7 Å². The fourth-order valence-corrected chi connectivity index (χ4v) is 3.18. The molecule has 0 atom stereocenters. The van der Waals surface area contributed by atoms with Crippen LogP contribution in [-0.4, -0.2) is 16.7 Å². The van der Waals surface area contributed by atoms with Gasteiger partial charge in [-0.1, -0.05) is 41.6 Å². The van der Waals surface area contributed by atoms with Crippen LogP contribution in [0.1, 0.15) is 22.8 Å². The summed E-state index contributed by atoms with van der Waals surface area (Å²) in [5, 5.41) is 7.26. The van der Waals surface area contributed by atoms with Crippen LogP contribution in [0, 0.1) is 6.92 Å². The van der Waals surface area contributed by atoms with Crippen LogP contribution in [0.5, 0.6) is 0 Å². The van der Waals surface area contributed by atoms with Crippen molar-refractivity contribution >= 4 is 11.4 Å². The van der Waals surface area contributed by atoms with E-state index in [1.807, 2.05) is 13.0 Å². The van der Waals surface area contributed by atoms with Crippen molar-refractivity contribution in [1.82, 2.24) is 10.1 Å². The Hall–Kier alpha value is -2.82. The second kappa shape index (κ2) is 6.35. The minimum Gasteiger partial charge on any atom is -0.374 e. The molecule has 1 aliphatic rings. The SMILES string of the molecule is Cc1noc(CNc2ccccc2N2CCc3ccccc3C2)n1. The minimum absolute atomic E-state index is 0.530. The minimum atomic E-state index is 0.530. The summed E-state index contributed by atoms with van der Waals surface area (Å²) in [6.07, 6.45) is 1.08. The van der Waals surface area contributed by atoms with E-state index in [0.717, 1.165) is 25.2 Å². The van der Waals surface area contributed by atoms with Crippen molar-refractivity contribution in [3.63, 3.8) is 0 Å². The molecule has 0 bridgehead atoms. The molecule has 0 spiro atoms. The van der Waals surface area contributed by atoms with E-state index in [1.54, 1.807) is 0 Å². The summed E-state index contributed by atoms with van der Waals surface area (Å²) in [5.74, 6) is 1.26. The van der Waals surface area contributed by atoms with Gasteiger partial charge in [-0.25, -0.2) is 0 Å². The number of fused-ring (bicyclic) bond motifs is 1. The number of anilines is 2. The van der Waals surface area contributed by atoms with E-state index in [1.165, 1.54) is 16.8 Å². The number of nitrogens with one attached hydrogen (secondary N) is 1. The molecule has 0 saturated carbocycles. The highest BCUT2D eigenvalue weighted by Crippen LogP contribution is 2.30. The predicted molar refractivity (Wildman–Crippen MR) is 94.0 cm³/mol. The van der Waals surface area contributed by atoms with Crippen LogP contribution in [-0.2, 0) is 19.5 Å². The van der Waals surface area contributed by atoms with Crippen LogP contribution in [0.4, 0.5) is 11.4 Å². The maximum Gasteiger partial charge on any atom is 0.245 e. The lowest BCUT2D eigenvalue weighted by molar-refractivity contribution is 0.379. The quantitative estimate of drug-likeness (QED) is 0.796.